The first-order chi connectivity index (χ1) is 26.6. The lowest BCUT2D eigenvalue weighted by Crippen LogP contribution is -2.28. The summed E-state index contributed by atoms with van der Waals surface area (Å²) in [5.41, 5.74) is 0. The Kier molecular flexibility index (Phi) is 43.5. The Bertz CT molecular complexity index is 904. The van der Waals surface area contributed by atoms with Gasteiger partial charge in [0.1, 0.15) is 6.61 Å². The standard InChI is InChI=1S/C49H88O5/c1-3-5-7-9-11-13-15-17-19-21-22-23-24-25-26-28-30-32-34-36-38-40-42-44-49(52)54-47(45-50)46-53-48(51)43-41-39-37-35-33-31-29-27-20-18-16-14-12-10-8-6-4-2/h12,14,18,20,28,30,36,38,47,50H,3-11,13,15-17,19,21-27,29,31-35,37,39-46H2,1-2H3/b14-12+,20-18+,30-28+,38-36+/t47-/m0/s1. The lowest BCUT2D eigenvalue weighted by Gasteiger charge is -2.15. The van der Waals surface area contributed by atoms with E-state index in [1.165, 1.54) is 148 Å². The normalized spacial score (nSPS) is 12.6. The van der Waals surface area contributed by atoms with E-state index in [1.54, 1.807) is 0 Å². The van der Waals surface area contributed by atoms with Gasteiger partial charge in [0, 0.05) is 12.8 Å². The van der Waals surface area contributed by atoms with Crippen molar-refractivity contribution in [2.24, 2.45) is 0 Å². The molecule has 0 saturated heterocycles. The predicted molar refractivity (Wildman–Crippen MR) is 233 cm³/mol. The molecule has 0 aromatic rings. The lowest BCUT2D eigenvalue weighted by atomic mass is 10.0. The van der Waals surface area contributed by atoms with Crippen LogP contribution in [0, 0.1) is 0 Å². The molecule has 1 N–H and O–H groups in total. The van der Waals surface area contributed by atoms with Crippen LogP contribution in [0.25, 0.3) is 0 Å². The molecule has 5 heteroatoms. The molecule has 0 unspecified atom stereocenters. The molecule has 0 bridgehead atoms. The highest BCUT2D eigenvalue weighted by Crippen LogP contribution is 2.14. The molecule has 0 amide bonds. The van der Waals surface area contributed by atoms with Gasteiger partial charge in [-0.2, -0.15) is 0 Å². The van der Waals surface area contributed by atoms with Crippen molar-refractivity contribution in [3.8, 4) is 0 Å². The van der Waals surface area contributed by atoms with Crippen LogP contribution in [-0.2, 0) is 19.1 Å². The quantitative estimate of drug-likeness (QED) is 0.0381. The molecular formula is C49H88O5. The maximum Gasteiger partial charge on any atom is 0.306 e. The highest BCUT2D eigenvalue weighted by atomic mass is 16.6. The second-order valence-corrected chi connectivity index (χ2v) is 15.5. The van der Waals surface area contributed by atoms with E-state index < -0.39 is 6.10 Å². The van der Waals surface area contributed by atoms with Crippen LogP contribution in [0.3, 0.4) is 0 Å². The molecular weight excluding hydrogens is 669 g/mol. The fourth-order valence-electron chi connectivity index (χ4n) is 6.55. The zero-order valence-electron chi connectivity index (χ0n) is 35.7. The van der Waals surface area contributed by atoms with Crippen LogP contribution in [0.2, 0.25) is 0 Å². The second-order valence-electron chi connectivity index (χ2n) is 15.5. The summed E-state index contributed by atoms with van der Waals surface area (Å²) in [4.78, 5) is 24.3. The molecule has 0 aliphatic rings. The smallest absolute Gasteiger partial charge is 0.306 e. The Morgan fingerprint density at radius 1 is 0.426 bits per heavy atom. The number of esters is 2. The van der Waals surface area contributed by atoms with Crippen molar-refractivity contribution in [2.45, 2.75) is 238 Å². The molecule has 0 aromatic heterocycles. The van der Waals surface area contributed by atoms with Gasteiger partial charge in [-0.25, -0.2) is 0 Å². The van der Waals surface area contributed by atoms with E-state index in [9.17, 15) is 14.7 Å². The summed E-state index contributed by atoms with van der Waals surface area (Å²) in [6.45, 7) is 4.09. The zero-order chi connectivity index (χ0) is 39.3. The first-order valence-electron chi connectivity index (χ1n) is 23.2. The number of aliphatic hydroxyl groups is 1. The third kappa shape index (κ3) is 42.6. The van der Waals surface area contributed by atoms with Crippen LogP contribution in [0.1, 0.15) is 232 Å². The number of ether oxygens (including phenoxy) is 2. The molecule has 0 aromatic carbocycles. The number of carbonyl (C=O) groups excluding carboxylic acids is 2. The maximum absolute atomic E-state index is 12.2. The molecule has 1 atom stereocenters. The Morgan fingerprint density at radius 2 is 0.778 bits per heavy atom. The summed E-state index contributed by atoms with van der Waals surface area (Å²) in [6, 6.07) is 0. The van der Waals surface area contributed by atoms with Gasteiger partial charge < -0.3 is 14.6 Å². The third-order valence-electron chi connectivity index (χ3n) is 10.1. The maximum atomic E-state index is 12.2. The fraction of sp³-hybridized carbons (Fsp3) is 0.796. The third-order valence-corrected chi connectivity index (χ3v) is 10.1. The minimum atomic E-state index is -0.796. The van der Waals surface area contributed by atoms with Crippen molar-refractivity contribution >= 4 is 11.9 Å². The van der Waals surface area contributed by atoms with E-state index >= 15 is 0 Å². The highest BCUT2D eigenvalue weighted by molar-refractivity contribution is 5.70. The predicted octanol–water partition coefficient (Wildman–Crippen LogP) is 15.0. The SMILES string of the molecule is CCCCC/C=C/C/C=C/CCCCCCCCCC(=O)OC[C@H](CO)OC(=O)CCC/C=C/CC/C=C/CCCCCCCCCCCCCCCC. The topological polar surface area (TPSA) is 72.8 Å². The minimum absolute atomic E-state index is 0.0857. The van der Waals surface area contributed by atoms with Gasteiger partial charge in [-0.3, -0.25) is 9.59 Å². The van der Waals surface area contributed by atoms with Crippen molar-refractivity contribution in [2.75, 3.05) is 13.2 Å². The zero-order valence-corrected chi connectivity index (χ0v) is 35.7. The summed E-state index contributed by atoms with van der Waals surface area (Å²) < 4.78 is 10.6. The van der Waals surface area contributed by atoms with Crippen LogP contribution in [0.4, 0.5) is 0 Å². The molecule has 54 heavy (non-hydrogen) atoms. The lowest BCUT2D eigenvalue weighted by molar-refractivity contribution is -0.161. The molecule has 0 fully saturated rings. The van der Waals surface area contributed by atoms with Crippen LogP contribution >= 0.6 is 0 Å². The summed E-state index contributed by atoms with van der Waals surface area (Å²) in [6.07, 6.45) is 57.7. The summed E-state index contributed by atoms with van der Waals surface area (Å²) >= 11 is 0. The van der Waals surface area contributed by atoms with Crippen molar-refractivity contribution in [3.05, 3.63) is 48.6 Å². The van der Waals surface area contributed by atoms with Crippen molar-refractivity contribution in [1.29, 1.82) is 0 Å². The average Bonchev–Trinajstić information content (AvgIpc) is 3.17. The van der Waals surface area contributed by atoms with Crippen molar-refractivity contribution < 1.29 is 24.2 Å². The fourth-order valence-corrected chi connectivity index (χ4v) is 6.55. The highest BCUT2D eigenvalue weighted by Gasteiger charge is 2.16. The number of hydrogen-bond donors (Lipinski definition) is 1. The molecule has 314 valence electrons. The van der Waals surface area contributed by atoms with Gasteiger partial charge in [0.25, 0.3) is 0 Å². The molecule has 0 aliphatic heterocycles. The molecule has 0 radical (unpaired) electrons. The van der Waals surface area contributed by atoms with Gasteiger partial charge >= 0.3 is 11.9 Å². The molecule has 0 aliphatic carbocycles. The van der Waals surface area contributed by atoms with E-state index in [2.05, 4.69) is 62.5 Å². The van der Waals surface area contributed by atoms with Crippen LogP contribution in [-0.4, -0.2) is 36.4 Å². The van der Waals surface area contributed by atoms with Gasteiger partial charge in [0.15, 0.2) is 6.10 Å². The molecule has 0 saturated carbocycles. The van der Waals surface area contributed by atoms with Gasteiger partial charge in [-0.05, 0) is 77.0 Å². The summed E-state index contributed by atoms with van der Waals surface area (Å²) in [5, 5.41) is 9.59. The van der Waals surface area contributed by atoms with E-state index in [0.29, 0.717) is 19.3 Å². The molecule has 0 spiro atoms. The Labute approximate surface area is 335 Å². The average molecular weight is 757 g/mol. The Morgan fingerprint density at radius 3 is 1.26 bits per heavy atom. The Hall–Kier alpha value is -2.14. The number of carbonyl (C=O) groups is 2. The molecule has 0 rings (SSSR count). The van der Waals surface area contributed by atoms with Crippen molar-refractivity contribution in [1.82, 2.24) is 0 Å². The molecule has 5 nitrogen and oxygen atoms in total. The second kappa shape index (κ2) is 45.3. The van der Waals surface area contributed by atoms with E-state index in [4.69, 9.17) is 9.47 Å². The van der Waals surface area contributed by atoms with Gasteiger partial charge in [0.2, 0.25) is 0 Å². The summed E-state index contributed by atoms with van der Waals surface area (Å²) in [7, 11) is 0. The van der Waals surface area contributed by atoms with Gasteiger partial charge in [-0.1, -0.05) is 191 Å². The van der Waals surface area contributed by atoms with E-state index in [1.807, 2.05) is 0 Å². The number of aliphatic hydroxyl groups excluding tert-OH is 1. The number of allylic oxidation sites excluding steroid dienone is 8. The van der Waals surface area contributed by atoms with Crippen LogP contribution in [0.15, 0.2) is 48.6 Å². The van der Waals surface area contributed by atoms with E-state index in [-0.39, 0.29) is 25.2 Å². The molecule has 0 heterocycles. The number of rotatable bonds is 42. The van der Waals surface area contributed by atoms with Gasteiger partial charge in [-0.15, -0.1) is 0 Å². The first kappa shape index (κ1) is 51.9. The monoisotopic (exact) mass is 757 g/mol. The summed E-state index contributed by atoms with van der Waals surface area (Å²) in [5.74, 6) is -0.645. The number of hydrogen-bond acceptors (Lipinski definition) is 5. The van der Waals surface area contributed by atoms with Crippen LogP contribution in [0.5, 0.6) is 0 Å². The van der Waals surface area contributed by atoms with Gasteiger partial charge in [0.05, 0.1) is 6.61 Å². The minimum Gasteiger partial charge on any atom is -0.462 e. The van der Waals surface area contributed by atoms with E-state index in [0.717, 1.165) is 51.4 Å². The largest absolute Gasteiger partial charge is 0.462 e. The Balaban J connectivity index is 3.57. The van der Waals surface area contributed by atoms with Crippen molar-refractivity contribution in [3.63, 3.8) is 0 Å². The first-order valence-corrected chi connectivity index (χ1v) is 23.2. The van der Waals surface area contributed by atoms with Crippen LogP contribution < -0.4 is 0 Å². The number of unbranched alkanes of at least 4 members (excludes halogenated alkanes) is 26.